The highest BCUT2D eigenvalue weighted by molar-refractivity contribution is 6.31. The molecule has 2 N–H and O–H groups in total. The minimum absolute atomic E-state index is 0.0596. The predicted octanol–water partition coefficient (Wildman–Crippen LogP) is 4.55. The fourth-order valence-electron chi connectivity index (χ4n) is 2.13. The van der Waals surface area contributed by atoms with Crippen LogP contribution in [0.5, 0.6) is 0 Å². The van der Waals surface area contributed by atoms with E-state index in [-0.39, 0.29) is 17.8 Å². The highest BCUT2D eigenvalue weighted by Crippen LogP contribution is 2.40. The van der Waals surface area contributed by atoms with Crippen LogP contribution in [-0.2, 0) is 6.18 Å². The van der Waals surface area contributed by atoms with Crippen LogP contribution in [0.2, 0.25) is 5.02 Å². The molecule has 0 aromatic heterocycles. The Kier molecular flexibility index (Phi) is 5.48. The Morgan fingerprint density at radius 2 is 1.92 bits per heavy atom. The molecule has 0 fully saturated rings. The summed E-state index contributed by atoms with van der Waals surface area (Å²) in [5.41, 5.74) is -2.59. The molecule has 0 saturated heterocycles. The fraction of sp³-hybridized carbons (Fsp3) is 0.200. The van der Waals surface area contributed by atoms with Gasteiger partial charge in [-0.25, -0.2) is 4.39 Å². The zero-order chi connectivity index (χ0) is 18.8. The van der Waals surface area contributed by atoms with Gasteiger partial charge < -0.3 is 10.4 Å². The summed E-state index contributed by atoms with van der Waals surface area (Å²) in [6, 6.07) is 6.39. The van der Waals surface area contributed by atoms with Crippen molar-refractivity contribution in [1.29, 1.82) is 0 Å². The molecule has 0 radical (unpaired) electrons. The molecule has 0 aliphatic rings. The Balaban J connectivity index is 2.29. The number of nitrogens with zero attached hydrogens (tertiary/aromatic N) is 1. The van der Waals surface area contributed by atoms with Gasteiger partial charge >= 0.3 is 6.18 Å². The molecule has 0 amide bonds. The van der Waals surface area contributed by atoms with Crippen molar-refractivity contribution in [3.63, 3.8) is 0 Å². The third-order valence-electron chi connectivity index (χ3n) is 3.34. The third kappa shape index (κ3) is 4.37. The second-order valence-corrected chi connectivity index (χ2v) is 5.43. The van der Waals surface area contributed by atoms with E-state index < -0.39 is 39.3 Å². The van der Waals surface area contributed by atoms with Crippen molar-refractivity contribution in [2.24, 2.45) is 0 Å². The Morgan fingerprint density at radius 1 is 1.28 bits per heavy atom. The van der Waals surface area contributed by atoms with Gasteiger partial charge in [0, 0.05) is 18.2 Å². The minimum Gasteiger partial charge on any atom is -0.386 e. The van der Waals surface area contributed by atoms with Gasteiger partial charge in [0.15, 0.2) is 0 Å². The number of nitro benzene ring substituents is 1. The number of nitro groups is 1. The summed E-state index contributed by atoms with van der Waals surface area (Å²) in [4.78, 5) is 10.0. The highest BCUT2D eigenvalue weighted by Gasteiger charge is 2.36. The smallest absolute Gasteiger partial charge is 0.386 e. The average molecular weight is 379 g/mol. The van der Waals surface area contributed by atoms with Crippen LogP contribution < -0.4 is 5.32 Å². The van der Waals surface area contributed by atoms with E-state index in [4.69, 9.17) is 11.6 Å². The number of halogens is 5. The van der Waals surface area contributed by atoms with Crippen molar-refractivity contribution in [2.75, 3.05) is 11.9 Å². The summed E-state index contributed by atoms with van der Waals surface area (Å²) in [5, 5.41) is 22.7. The SMILES string of the molecule is O=[N+]([O-])c1cc(C(F)(F)F)c(Cl)cc1NC[C@@H](O)c1ccccc1F. The first-order valence-electron chi connectivity index (χ1n) is 6.82. The molecule has 0 heterocycles. The third-order valence-corrected chi connectivity index (χ3v) is 3.65. The van der Waals surface area contributed by atoms with E-state index in [0.29, 0.717) is 6.07 Å². The van der Waals surface area contributed by atoms with E-state index in [1.54, 1.807) is 0 Å². The van der Waals surface area contributed by atoms with Crippen molar-refractivity contribution in [3.8, 4) is 0 Å². The summed E-state index contributed by atoms with van der Waals surface area (Å²) < 4.78 is 52.0. The van der Waals surface area contributed by atoms with Gasteiger partial charge in [0.05, 0.1) is 21.6 Å². The summed E-state index contributed by atoms with van der Waals surface area (Å²) in [6.45, 7) is -0.372. The highest BCUT2D eigenvalue weighted by atomic mass is 35.5. The number of anilines is 1. The second-order valence-electron chi connectivity index (χ2n) is 5.02. The van der Waals surface area contributed by atoms with Gasteiger partial charge in [0.2, 0.25) is 0 Å². The molecule has 10 heteroatoms. The summed E-state index contributed by atoms with van der Waals surface area (Å²) in [6.07, 6.45) is -6.23. The lowest BCUT2D eigenvalue weighted by Gasteiger charge is -2.15. The maximum Gasteiger partial charge on any atom is 0.418 e. The van der Waals surface area contributed by atoms with E-state index in [1.165, 1.54) is 18.2 Å². The standard InChI is InChI=1S/C15H11ClF4N2O3/c16-10-6-12(13(22(24)25)5-9(10)15(18,19)20)21-7-14(23)8-3-1-2-4-11(8)17/h1-6,14,21,23H,7H2/t14-/m1/s1. The number of hydrogen-bond acceptors (Lipinski definition) is 4. The first-order chi connectivity index (χ1) is 11.6. The fourth-order valence-corrected chi connectivity index (χ4v) is 2.40. The number of hydrogen-bond donors (Lipinski definition) is 2. The normalized spacial score (nSPS) is 12.7. The lowest BCUT2D eigenvalue weighted by molar-refractivity contribution is -0.384. The van der Waals surface area contributed by atoms with Gasteiger partial charge in [-0.05, 0) is 12.1 Å². The quantitative estimate of drug-likeness (QED) is 0.454. The van der Waals surface area contributed by atoms with E-state index >= 15 is 0 Å². The molecule has 0 spiro atoms. The van der Waals surface area contributed by atoms with Crippen LogP contribution >= 0.6 is 11.6 Å². The summed E-state index contributed by atoms with van der Waals surface area (Å²) in [5.74, 6) is -0.684. The Labute approximate surface area is 144 Å². The van der Waals surface area contributed by atoms with Gasteiger partial charge in [-0.3, -0.25) is 10.1 Å². The molecule has 0 unspecified atom stereocenters. The zero-order valence-corrected chi connectivity index (χ0v) is 13.1. The molecule has 0 bridgehead atoms. The first-order valence-corrected chi connectivity index (χ1v) is 7.20. The molecule has 1 atom stereocenters. The Hall–Kier alpha value is -2.39. The van der Waals surface area contributed by atoms with Crippen LogP contribution in [0, 0.1) is 15.9 Å². The predicted molar refractivity (Wildman–Crippen MR) is 83.0 cm³/mol. The van der Waals surface area contributed by atoms with Crippen LogP contribution in [0.4, 0.5) is 28.9 Å². The molecule has 2 aromatic rings. The number of nitrogens with one attached hydrogen (secondary N) is 1. The molecule has 0 saturated carbocycles. The first kappa shape index (κ1) is 18.9. The van der Waals surface area contributed by atoms with Gasteiger partial charge in [-0.2, -0.15) is 13.2 Å². The number of alkyl halides is 3. The van der Waals surface area contributed by atoms with Gasteiger partial charge in [-0.15, -0.1) is 0 Å². The molecular formula is C15H11ClF4N2O3. The van der Waals surface area contributed by atoms with E-state index in [2.05, 4.69) is 5.32 Å². The van der Waals surface area contributed by atoms with Crippen molar-refractivity contribution in [1.82, 2.24) is 0 Å². The van der Waals surface area contributed by atoms with Crippen molar-refractivity contribution < 1.29 is 27.6 Å². The van der Waals surface area contributed by atoms with E-state index in [9.17, 15) is 32.8 Å². The molecule has 2 aromatic carbocycles. The number of aliphatic hydroxyl groups excluding tert-OH is 1. The van der Waals surface area contributed by atoms with Crippen LogP contribution in [0.25, 0.3) is 0 Å². The number of rotatable bonds is 5. The lowest BCUT2D eigenvalue weighted by atomic mass is 10.1. The number of benzene rings is 2. The summed E-state index contributed by atoms with van der Waals surface area (Å²) >= 11 is 5.54. The Bertz CT molecular complexity index is 799. The van der Waals surface area contributed by atoms with Gasteiger partial charge in [0.25, 0.3) is 5.69 Å². The van der Waals surface area contributed by atoms with E-state index in [1.807, 2.05) is 0 Å². The maximum absolute atomic E-state index is 13.6. The molecule has 25 heavy (non-hydrogen) atoms. The molecule has 0 aliphatic carbocycles. The monoisotopic (exact) mass is 378 g/mol. The van der Waals surface area contributed by atoms with Crippen molar-refractivity contribution in [3.05, 3.63) is 68.5 Å². The van der Waals surface area contributed by atoms with Crippen LogP contribution in [0.1, 0.15) is 17.2 Å². The maximum atomic E-state index is 13.6. The Morgan fingerprint density at radius 3 is 2.48 bits per heavy atom. The van der Waals surface area contributed by atoms with Gasteiger partial charge in [0.1, 0.15) is 11.5 Å². The molecule has 2 rings (SSSR count). The van der Waals surface area contributed by atoms with Crippen LogP contribution in [-0.4, -0.2) is 16.6 Å². The topological polar surface area (TPSA) is 75.4 Å². The van der Waals surface area contributed by atoms with Crippen molar-refractivity contribution in [2.45, 2.75) is 12.3 Å². The van der Waals surface area contributed by atoms with Crippen LogP contribution in [0.3, 0.4) is 0 Å². The molecular weight excluding hydrogens is 368 g/mol. The largest absolute Gasteiger partial charge is 0.418 e. The van der Waals surface area contributed by atoms with Crippen LogP contribution in [0.15, 0.2) is 36.4 Å². The van der Waals surface area contributed by atoms with Crippen molar-refractivity contribution >= 4 is 23.0 Å². The van der Waals surface area contributed by atoms with Gasteiger partial charge in [-0.1, -0.05) is 29.8 Å². The molecule has 5 nitrogen and oxygen atoms in total. The minimum atomic E-state index is -4.85. The second kappa shape index (κ2) is 7.24. The molecule has 0 aliphatic heterocycles. The zero-order valence-electron chi connectivity index (χ0n) is 12.3. The average Bonchev–Trinajstić information content (AvgIpc) is 2.51. The lowest BCUT2D eigenvalue weighted by Crippen LogP contribution is -2.15. The van der Waals surface area contributed by atoms with E-state index in [0.717, 1.165) is 12.1 Å². The number of aliphatic hydroxyl groups is 1. The molecule has 134 valence electrons. The summed E-state index contributed by atoms with van der Waals surface area (Å²) in [7, 11) is 0.